The molecular formula is C21H32N4O2S. The first-order valence-corrected chi connectivity index (χ1v) is 12.0. The van der Waals surface area contributed by atoms with Gasteiger partial charge in [-0.3, -0.25) is 4.90 Å². The van der Waals surface area contributed by atoms with E-state index in [2.05, 4.69) is 45.9 Å². The molecule has 7 heteroatoms. The molecule has 1 unspecified atom stereocenters. The third kappa shape index (κ3) is 3.38. The molecule has 154 valence electrons. The summed E-state index contributed by atoms with van der Waals surface area (Å²) < 4.78 is 30.2. The number of piperidine rings is 1. The second-order valence-corrected chi connectivity index (χ2v) is 9.80. The fraction of sp³-hybridized carbons (Fsp3) is 0.619. The Morgan fingerprint density at radius 2 is 2.04 bits per heavy atom. The molecule has 2 heterocycles. The summed E-state index contributed by atoms with van der Waals surface area (Å²) in [5.74, 6) is 0.358. The average molecular weight is 405 g/mol. The Morgan fingerprint density at radius 1 is 1.25 bits per heavy atom. The van der Waals surface area contributed by atoms with Gasteiger partial charge in [0.1, 0.15) is 0 Å². The number of fused-ring (bicyclic) bond motifs is 2. The van der Waals surface area contributed by atoms with Crippen molar-refractivity contribution in [2.24, 2.45) is 0 Å². The Bertz CT molecular complexity index is 935. The quantitative estimate of drug-likeness (QED) is 0.746. The molecule has 2 N–H and O–H groups in total. The maximum atomic E-state index is 12.8. The summed E-state index contributed by atoms with van der Waals surface area (Å²) in [5, 5.41) is 1.35. The van der Waals surface area contributed by atoms with Crippen LogP contribution in [0, 0.1) is 0 Å². The van der Waals surface area contributed by atoms with Crippen LogP contribution in [0.4, 0.5) is 0 Å². The van der Waals surface area contributed by atoms with E-state index in [1.54, 1.807) is 0 Å². The lowest BCUT2D eigenvalue weighted by Crippen LogP contribution is -2.57. The maximum absolute atomic E-state index is 12.8. The molecule has 0 bridgehead atoms. The van der Waals surface area contributed by atoms with Crippen LogP contribution >= 0.6 is 0 Å². The van der Waals surface area contributed by atoms with Gasteiger partial charge in [0.25, 0.3) is 10.2 Å². The Hall–Kier alpha value is -1.41. The van der Waals surface area contributed by atoms with Crippen LogP contribution in [-0.4, -0.2) is 60.9 Å². The second kappa shape index (κ2) is 7.78. The molecule has 3 atom stereocenters. The summed E-state index contributed by atoms with van der Waals surface area (Å²) in [6, 6.07) is 6.88. The van der Waals surface area contributed by atoms with E-state index in [1.807, 2.05) is 13.8 Å². The molecule has 6 nitrogen and oxygen atoms in total. The van der Waals surface area contributed by atoms with Crippen LogP contribution in [0.5, 0.6) is 0 Å². The maximum Gasteiger partial charge on any atom is 0.279 e. The molecule has 1 fully saturated rings. The first-order chi connectivity index (χ1) is 13.5. The number of hydrogen-bond donors (Lipinski definition) is 2. The molecule has 0 amide bonds. The van der Waals surface area contributed by atoms with E-state index in [1.165, 1.54) is 26.3 Å². The Balaban J connectivity index is 1.66. The van der Waals surface area contributed by atoms with Crippen LogP contribution in [0.1, 0.15) is 50.7 Å². The summed E-state index contributed by atoms with van der Waals surface area (Å²) in [6.07, 6.45) is 5.12. The summed E-state index contributed by atoms with van der Waals surface area (Å²) in [6.45, 7) is 8.75. The highest BCUT2D eigenvalue weighted by Gasteiger charge is 2.41. The van der Waals surface area contributed by atoms with Gasteiger partial charge in [0.2, 0.25) is 0 Å². The van der Waals surface area contributed by atoms with Crippen molar-refractivity contribution in [1.82, 2.24) is 18.9 Å². The van der Waals surface area contributed by atoms with E-state index in [9.17, 15) is 8.42 Å². The lowest BCUT2D eigenvalue weighted by molar-refractivity contribution is 0.105. The van der Waals surface area contributed by atoms with Crippen LogP contribution in [0.15, 0.2) is 24.4 Å². The van der Waals surface area contributed by atoms with Gasteiger partial charge >= 0.3 is 0 Å². The number of aromatic amines is 1. The number of benzene rings is 1. The molecule has 0 radical (unpaired) electrons. The highest BCUT2D eigenvalue weighted by atomic mass is 32.2. The first-order valence-electron chi connectivity index (χ1n) is 10.6. The topological polar surface area (TPSA) is 68.4 Å². The van der Waals surface area contributed by atoms with Crippen molar-refractivity contribution >= 4 is 21.1 Å². The molecule has 2 aliphatic rings. The van der Waals surface area contributed by atoms with Crippen molar-refractivity contribution in [2.75, 3.05) is 26.2 Å². The molecule has 1 aliphatic heterocycles. The summed E-state index contributed by atoms with van der Waals surface area (Å²) in [5.41, 5.74) is 3.96. The van der Waals surface area contributed by atoms with Gasteiger partial charge < -0.3 is 4.98 Å². The molecular weight excluding hydrogens is 372 g/mol. The van der Waals surface area contributed by atoms with Crippen molar-refractivity contribution < 1.29 is 8.42 Å². The second-order valence-electron chi connectivity index (χ2n) is 8.10. The van der Waals surface area contributed by atoms with E-state index in [0.29, 0.717) is 25.0 Å². The standard InChI is InChI=1S/C21H32N4O2S/c1-4-10-24-14-16(23-28(26,27)25(5-2)6-3)12-18-17-8-7-9-19-21(17)15(13-22-19)11-20(18)24/h7-9,13,16,18,20,22-23H,4-6,10-12,14H2,1-3H3/t16?,18-,20-/m1/s1. The number of nitrogens with zero attached hydrogens (tertiary/aromatic N) is 2. The van der Waals surface area contributed by atoms with E-state index in [-0.39, 0.29) is 6.04 Å². The monoisotopic (exact) mass is 404 g/mol. The molecule has 4 rings (SSSR count). The molecule has 1 aromatic carbocycles. The van der Waals surface area contributed by atoms with Crippen LogP contribution < -0.4 is 4.72 Å². The Kier molecular flexibility index (Phi) is 5.53. The molecule has 28 heavy (non-hydrogen) atoms. The lowest BCUT2D eigenvalue weighted by Gasteiger charge is -2.47. The minimum Gasteiger partial charge on any atom is -0.361 e. The summed E-state index contributed by atoms with van der Waals surface area (Å²) >= 11 is 0. The van der Waals surface area contributed by atoms with Crippen molar-refractivity contribution in [2.45, 2.75) is 58.0 Å². The number of H-pyrrole nitrogens is 1. The third-order valence-corrected chi connectivity index (χ3v) is 8.27. The Labute approximate surface area is 168 Å². The van der Waals surface area contributed by atoms with Gasteiger partial charge in [-0.1, -0.05) is 32.9 Å². The fourth-order valence-corrected chi connectivity index (χ4v) is 6.70. The van der Waals surface area contributed by atoms with E-state index in [4.69, 9.17) is 0 Å². The summed E-state index contributed by atoms with van der Waals surface area (Å²) in [7, 11) is -3.45. The molecule has 0 saturated carbocycles. The third-order valence-electron chi connectivity index (χ3n) is 6.45. The van der Waals surface area contributed by atoms with Crippen LogP contribution in [0.2, 0.25) is 0 Å². The first kappa shape index (κ1) is 19.9. The predicted octanol–water partition coefficient (Wildman–Crippen LogP) is 2.84. The zero-order chi connectivity index (χ0) is 19.9. The number of likely N-dealkylation sites (tertiary alicyclic amines) is 1. The number of hydrogen-bond acceptors (Lipinski definition) is 3. The van der Waals surface area contributed by atoms with Gasteiger partial charge in [-0.25, -0.2) is 0 Å². The number of aromatic nitrogens is 1. The van der Waals surface area contributed by atoms with Gasteiger partial charge in [0.05, 0.1) is 0 Å². The normalized spacial score (nSPS) is 25.4. The molecule has 2 aromatic rings. The average Bonchev–Trinajstić information content (AvgIpc) is 3.08. The van der Waals surface area contributed by atoms with Gasteiger partial charge in [-0.05, 0) is 43.0 Å². The molecule has 1 aromatic heterocycles. The summed E-state index contributed by atoms with van der Waals surface area (Å²) in [4.78, 5) is 5.93. The highest BCUT2D eigenvalue weighted by molar-refractivity contribution is 7.87. The van der Waals surface area contributed by atoms with Crippen molar-refractivity contribution in [3.63, 3.8) is 0 Å². The fourth-order valence-electron chi connectivity index (χ4n) is 5.28. The van der Waals surface area contributed by atoms with E-state index < -0.39 is 10.2 Å². The molecule has 0 spiro atoms. The van der Waals surface area contributed by atoms with Gasteiger partial charge in [-0.15, -0.1) is 0 Å². The van der Waals surface area contributed by atoms with Crippen molar-refractivity contribution in [3.8, 4) is 0 Å². The zero-order valence-electron chi connectivity index (χ0n) is 17.1. The lowest BCUT2D eigenvalue weighted by atomic mass is 9.74. The minimum atomic E-state index is -3.45. The van der Waals surface area contributed by atoms with Crippen LogP contribution in [0.25, 0.3) is 10.9 Å². The van der Waals surface area contributed by atoms with Crippen molar-refractivity contribution in [3.05, 3.63) is 35.5 Å². The van der Waals surface area contributed by atoms with E-state index in [0.717, 1.165) is 32.4 Å². The van der Waals surface area contributed by atoms with E-state index >= 15 is 0 Å². The predicted molar refractivity (Wildman–Crippen MR) is 114 cm³/mol. The van der Waals surface area contributed by atoms with Crippen molar-refractivity contribution in [1.29, 1.82) is 0 Å². The van der Waals surface area contributed by atoms with Gasteiger partial charge in [-0.2, -0.15) is 17.4 Å². The largest absolute Gasteiger partial charge is 0.361 e. The SMILES string of the molecule is CCCN1CC(NS(=O)(=O)N(CC)CC)C[C@@H]2c3cccc4[nH]cc(c34)C[C@H]21. The van der Waals surface area contributed by atoms with Gasteiger partial charge in [0, 0.05) is 54.7 Å². The number of rotatable bonds is 7. The Morgan fingerprint density at radius 3 is 2.75 bits per heavy atom. The van der Waals surface area contributed by atoms with Crippen LogP contribution in [0.3, 0.4) is 0 Å². The van der Waals surface area contributed by atoms with Gasteiger partial charge in [0.15, 0.2) is 0 Å². The minimum absolute atomic E-state index is 0.0610. The molecule has 1 aliphatic carbocycles. The zero-order valence-corrected chi connectivity index (χ0v) is 17.9. The smallest absolute Gasteiger partial charge is 0.279 e. The highest BCUT2D eigenvalue weighted by Crippen LogP contribution is 2.43. The molecule has 1 saturated heterocycles. The van der Waals surface area contributed by atoms with Crippen LogP contribution in [-0.2, 0) is 16.6 Å². The number of nitrogens with one attached hydrogen (secondary N) is 2.